The van der Waals surface area contributed by atoms with Crippen LogP contribution in [0.4, 0.5) is 5.69 Å². The van der Waals surface area contributed by atoms with Crippen LogP contribution in [0, 0.1) is 6.92 Å². The number of anilines is 1. The van der Waals surface area contributed by atoms with Crippen LogP contribution in [0.15, 0.2) is 87.9 Å². The Morgan fingerprint density at radius 1 is 1.06 bits per heavy atom. The number of hydrogen-bond donors (Lipinski definition) is 1. The van der Waals surface area contributed by atoms with Gasteiger partial charge in [0.1, 0.15) is 0 Å². The van der Waals surface area contributed by atoms with Crippen molar-refractivity contribution in [3.8, 4) is 0 Å². The lowest BCUT2D eigenvalue weighted by atomic mass is 9.95. The lowest BCUT2D eigenvalue weighted by Gasteiger charge is -2.25. The second-order valence-electron chi connectivity index (χ2n) is 8.12. The summed E-state index contributed by atoms with van der Waals surface area (Å²) < 4.78 is 3.95. The first-order valence-electron chi connectivity index (χ1n) is 10.9. The molecular weight excluding hydrogens is 446 g/mol. The predicted molar refractivity (Wildman–Crippen MR) is 133 cm³/mol. The Morgan fingerprint density at radius 2 is 1.74 bits per heavy atom. The van der Waals surface area contributed by atoms with E-state index in [0.29, 0.717) is 26.3 Å². The molecule has 0 unspecified atom stereocenters. The summed E-state index contributed by atoms with van der Waals surface area (Å²) in [5.41, 5.74) is 4.23. The van der Waals surface area contributed by atoms with E-state index in [4.69, 9.17) is 0 Å². The number of aromatic nitrogens is 3. The van der Waals surface area contributed by atoms with Gasteiger partial charge >= 0.3 is 0 Å². The molecule has 1 N–H and O–H groups in total. The molecular formula is C26H23N5O2S. The topological polar surface area (TPSA) is 81.3 Å². The van der Waals surface area contributed by atoms with E-state index in [-0.39, 0.29) is 11.5 Å². The van der Waals surface area contributed by atoms with Gasteiger partial charge in [-0.1, -0.05) is 59.9 Å². The minimum absolute atomic E-state index is 0.182. The molecule has 0 saturated heterocycles. The van der Waals surface area contributed by atoms with Gasteiger partial charge in [0.05, 0.1) is 28.0 Å². The normalized spacial score (nSPS) is 15.7. The maximum atomic E-state index is 13.7. The first-order chi connectivity index (χ1) is 16.4. The number of carbonyl (C=O) groups excluding carboxylic acids is 1. The van der Waals surface area contributed by atoms with Crippen molar-refractivity contribution in [2.45, 2.75) is 19.9 Å². The van der Waals surface area contributed by atoms with Crippen LogP contribution in [-0.4, -0.2) is 20.3 Å². The number of carbonyl (C=O) groups is 1. The number of allylic oxidation sites excluding steroid dienone is 1. The zero-order valence-corrected chi connectivity index (χ0v) is 19.8. The third-order valence-electron chi connectivity index (χ3n) is 5.97. The molecule has 1 atom stereocenters. The average molecular weight is 470 g/mol. The Morgan fingerprint density at radius 3 is 2.38 bits per heavy atom. The third-order valence-corrected chi connectivity index (χ3v) is 6.96. The first kappa shape index (κ1) is 21.8. The molecule has 8 heteroatoms. The molecule has 2 aromatic carbocycles. The van der Waals surface area contributed by atoms with E-state index < -0.39 is 6.04 Å². The highest BCUT2D eigenvalue weighted by molar-refractivity contribution is 7.07. The lowest BCUT2D eigenvalue weighted by molar-refractivity contribution is -0.113. The summed E-state index contributed by atoms with van der Waals surface area (Å²) in [5.74, 6) is -0.279. The van der Waals surface area contributed by atoms with Gasteiger partial charge in [0, 0.05) is 24.0 Å². The summed E-state index contributed by atoms with van der Waals surface area (Å²) in [6, 6.07) is 18.3. The molecule has 170 valence electrons. The molecule has 0 fully saturated rings. The summed E-state index contributed by atoms with van der Waals surface area (Å²) in [7, 11) is 1.87. The van der Waals surface area contributed by atoms with E-state index in [1.54, 1.807) is 15.4 Å². The summed E-state index contributed by atoms with van der Waals surface area (Å²) in [5, 5.41) is 7.23. The number of amides is 1. The smallest absolute Gasteiger partial charge is 0.271 e. The molecule has 3 heterocycles. The van der Waals surface area contributed by atoms with Crippen molar-refractivity contribution >= 4 is 29.0 Å². The molecule has 0 spiro atoms. The Kier molecular flexibility index (Phi) is 5.59. The molecule has 0 saturated carbocycles. The van der Waals surface area contributed by atoms with Crippen LogP contribution >= 0.6 is 11.3 Å². The second kappa shape index (κ2) is 8.72. The number of nitrogens with one attached hydrogen (secondary N) is 1. The van der Waals surface area contributed by atoms with Crippen LogP contribution < -0.4 is 20.2 Å². The van der Waals surface area contributed by atoms with E-state index in [1.165, 1.54) is 11.3 Å². The highest BCUT2D eigenvalue weighted by atomic mass is 32.1. The van der Waals surface area contributed by atoms with Gasteiger partial charge in [-0.05, 0) is 37.6 Å². The highest BCUT2D eigenvalue weighted by Crippen LogP contribution is 2.30. The standard InChI is InChI=1S/C26H23N5O2S/c1-16-22(24(32)29-20-12-8-5-9-13-20)23(18-10-6-4-7-11-18)31-25(33)21(34-26(31)28-16)14-19-15-27-30(3)17(19)2/h4-15,23H,1-3H3,(H,29,32)/b21-14+/t23-/m1/s1. The Hall–Kier alpha value is -4.04. The SMILES string of the molecule is CC1=C(C(=O)Nc2ccccc2)[C@@H](c2ccccc2)n2c(s/c(=C/c3cnn(C)c3C)c2=O)=N1. The summed E-state index contributed by atoms with van der Waals surface area (Å²) in [4.78, 5) is 32.4. The van der Waals surface area contributed by atoms with Gasteiger partial charge in [-0.15, -0.1) is 0 Å². The molecule has 1 aliphatic heterocycles. The summed E-state index contributed by atoms with van der Waals surface area (Å²) >= 11 is 1.32. The van der Waals surface area contributed by atoms with Crippen molar-refractivity contribution in [3.05, 3.63) is 115 Å². The van der Waals surface area contributed by atoms with E-state index in [2.05, 4.69) is 15.4 Å². The molecule has 1 amide bonds. The minimum Gasteiger partial charge on any atom is -0.322 e. The van der Waals surface area contributed by atoms with Gasteiger partial charge in [0.25, 0.3) is 11.5 Å². The molecule has 5 rings (SSSR count). The lowest BCUT2D eigenvalue weighted by Crippen LogP contribution is -2.40. The van der Waals surface area contributed by atoms with Crippen LogP contribution in [0.2, 0.25) is 0 Å². The van der Waals surface area contributed by atoms with E-state index in [9.17, 15) is 9.59 Å². The van der Waals surface area contributed by atoms with Gasteiger partial charge in [0.2, 0.25) is 0 Å². The van der Waals surface area contributed by atoms with Gasteiger partial charge in [0.15, 0.2) is 4.80 Å². The van der Waals surface area contributed by atoms with E-state index in [1.807, 2.05) is 87.6 Å². The molecule has 7 nitrogen and oxygen atoms in total. The van der Waals surface area contributed by atoms with Crippen LogP contribution in [0.25, 0.3) is 6.08 Å². The number of benzene rings is 2. The Bertz CT molecular complexity index is 1590. The summed E-state index contributed by atoms with van der Waals surface area (Å²) in [6.45, 7) is 3.77. The maximum Gasteiger partial charge on any atom is 0.271 e. The van der Waals surface area contributed by atoms with E-state index in [0.717, 1.165) is 16.8 Å². The van der Waals surface area contributed by atoms with Crippen molar-refractivity contribution in [3.63, 3.8) is 0 Å². The molecule has 0 radical (unpaired) electrons. The summed E-state index contributed by atoms with van der Waals surface area (Å²) in [6.07, 6.45) is 3.59. The zero-order valence-electron chi connectivity index (χ0n) is 19.0. The number of hydrogen-bond acceptors (Lipinski definition) is 5. The van der Waals surface area contributed by atoms with Crippen LogP contribution in [0.5, 0.6) is 0 Å². The third kappa shape index (κ3) is 3.82. The monoisotopic (exact) mass is 469 g/mol. The van der Waals surface area contributed by atoms with Crippen LogP contribution in [0.3, 0.4) is 0 Å². The second-order valence-corrected chi connectivity index (χ2v) is 9.13. The molecule has 1 aliphatic rings. The molecule has 0 bridgehead atoms. The number of rotatable bonds is 4. The molecule has 34 heavy (non-hydrogen) atoms. The van der Waals surface area contributed by atoms with Gasteiger partial charge < -0.3 is 5.32 Å². The van der Waals surface area contributed by atoms with Crippen molar-refractivity contribution in [1.82, 2.24) is 14.3 Å². The van der Waals surface area contributed by atoms with Crippen LogP contribution in [0.1, 0.15) is 29.8 Å². The highest BCUT2D eigenvalue weighted by Gasteiger charge is 2.32. The average Bonchev–Trinajstić information content (AvgIpc) is 3.32. The zero-order chi connectivity index (χ0) is 23.8. The fourth-order valence-corrected chi connectivity index (χ4v) is 5.12. The van der Waals surface area contributed by atoms with Crippen LogP contribution in [-0.2, 0) is 11.8 Å². The fraction of sp³-hybridized carbons (Fsp3) is 0.154. The minimum atomic E-state index is -0.585. The number of aryl methyl sites for hydroxylation is 1. The number of nitrogens with zero attached hydrogens (tertiary/aromatic N) is 4. The molecule has 4 aromatic rings. The van der Waals surface area contributed by atoms with Crippen molar-refractivity contribution in [2.75, 3.05) is 5.32 Å². The Balaban J connectivity index is 1.68. The molecule has 2 aromatic heterocycles. The quantitative estimate of drug-likeness (QED) is 0.499. The number of thiazole rings is 1. The van der Waals surface area contributed by atoms with E-state index >= 15 is 0 Å². The fourth-order valence-electron chi connectivity index (χ4n) is 4.08. The number of para-hydroxylation sites is 1. The predicted octanol–water partition coefficient (Wildman–Crippen LogP) is 2.92. The van der Waals surface area contributed by atoms with Crippen molar-refractivity contribution < 1.29 is 4.79 Å². The number of fused-ring (bicyclic) bond motifs is 1. The Labute approximate surface area is 200 Å². The van der Waals surface area contributed by atoms with Crippen molar-refractivity contribution in [2.24, 2.45) is 12.0 Å². The largest absolute Gasteiger partial charge is 0.322 e. The molecule has 0 aliphatic carbocycles. The van der Waals surface area contributed by atoms with Crippen molar-refractivity contribution in [1.29, 1.82) is 0 Å². The maximum absolute atomic E-state index is 13.7. The first-order valence-corrected chi connectivity index (χ1v) is 11.7. The van der Waals surface area contributed by atoms with Gasteiger partial charge in [-0.3, -0.25) is 18.8 Å². The van der Waals surface area contributed by atoms with Gasteiger partial charge in [-0.2, -0.15) is 5.10 Å². The van der Waals surface area contributed by atoms with Gasteiger partial charge in [-0.25, -0.2) is 4.99 Å².